The Kier molecular flexibility index (Phi) is 6.32. The fraction of sp³-hybridized carbons (Fsp3) is 0.750. The largest absolute Gasteiger partial charge is 0.469 e. The smallest absolute Gasteiger partial charge is 0.305 e. The molecule has 0 heterocycles. The molecule has 0 saturated heterocycles. The van der Waals surface area contributed by atoms with Gasteiger partial charge in [-0.05, 0) is 13.3 Å². The van der Waals surface area contributed by atoms with Gasteiger partial charge in [-0.3, -0.25) is 9.59 Å². The van der Waals surface area contributed by atoms with Crippen LogP contribution in [0.15, 0.2) is 0 Å². The van der Waals surface area contributed by atoms with Gasteiger partial charge in [0.2, 0.25) is 5.91 Å². The van der Waals surface area contributed by atoms with Crippen LogP contribution in [0.2, 0.25) is 0 Å². The van der Waals surface area contributed by atoms with Gasteiger partial charge in [0.05, 0.1) is 7.11 Å². The van der Waals surface area contributed by atoms with Crippen LogP contribution in [0, 0.1) is 0 Å². The molecule has 0 aliphatic heterocycles. The van der Waals surface area contributed by atoms with E-state index in [1.165, 1.54) is 7.11 Å². The average Bonchev–Trinajstić information content (AvgIpc) is 2.11. The number of rotatable bonds is 5. The van der Waals surface area contributed by atoms with E-state index < -0.39 is 5.38 Å². The van der Waals surface area contributed by atoms with Gasteiger partial charge >= 0.3 is 5.97 Å². The minimum Gasteiger partial charge on any atom is -0.469 e. The molecule has 76 valence electrons. The maximum absolute atomic E-state index is 10.9. The normalized spacial score (nSPS) is 11.9. The van der Waals surface area contributed by atoms with E-state index in [0.29, 0.717) is 19.4 Å². The van der Waals surface area contributed by atoms with Gasteiger partial charge in [-0.1, -0.05) is 0 Å². The van der Waals surface area contributed by atoms with E-state index >= 15 is 0 Å². The van der Waals surface area contributed by atoms with Crippen molar-refractivity contribution < 1.29 is 14.3 Å². The number of nitrogens with one attached hydrogen (secondary N) is 1. The van der Waals surface area contributed by atoms with E-state index in [9.17, 15) is 9.59 Å². The molecule has 0 rings (SSSR count). The molecule has 0 aliphatic rings. The standard InChI is InChI=1S/C8H14ClNO3/c1-6(9)8(12)10-5-3-4-7(11)13-2/h6H,3-5H2,1-2H3,(H,10,12). The van der Waals surface area contributed by atoms with Crippen molar-refractivity contribution >= 4 is 23.5 Å². The zero-order chi connectivity index (χ0) is 10.3. The van der Waals surface area contributed by atoms with Crippen LogP contribution < -0.4 is 5.32 Å². The topological polar surface area (TPSA) is 55.4 Å². The first-order valence-electron chi connectivity index (χ1n) is 4.06. The number of halogens is 1. The molecule has 0 fully saturated rings. The van der Waals surface area contributed by atoms with E-state index in [-0.39, 0.29) is 11.9 Å². The molecule has 0 spiro atoms. The van der Waals surface area contributed by atoms with E-state index in [0.717, 1.165) is 0 Å². The van der Waals surface area contributed by atoms with Gasteiger partial charge in [-0.25, -0.2) is 0 Å². The summed E-state index contributed by atoms with van der Waals surface area (Å²) in [7, 11) is 1.34. The Labute approximate surface area is 82.6 Å². The molecular formula is C8H14ClNO3. The van der Waals surface area contributed by atoms with Crippen molar-refractivity contribution in [3.05, 3.63) is 0 Å². The van der Waals surface area contributed by atoms with Gasteiger partial charge in [-0.2, -0.15) is 0 Å². The van der Waals surface area contributed by atoms with Gasteiger partial charge in [0, 0.05) is 13.0 Å². The average molecular weight is 208 g/mol. The Morgan fingerprint density at radius 3 is 2.62 bits per heavy atom. The maximum atomic E-state index is 10.9. The minimum atomic E-state index is -0.530. The molecule has 1 amide bonds. The molecule has 0 bridgehead atoms. The molecule has 1 N–H and O–H groups in total. The fourth-order valence-corrected chi connectivity index (χ4v) is 0.764. The van der Waals surface area contributed by atoms with Crippen molar-refractivity contribution in [2.24, 2.45) is 0 Å². The third-order valence-electron chi connectivity index (χ3n) is 1.45. The van der Waals surface area contributed by atoms with Crippen LogP contribution in [0.3, 0.4) is 0 Å². The third kappa shape index (κ3) is 6.40. The maximum Gasteiger partial charge on any atom is 0.305 e. The van der Waals surface area contributed by atoms with Crippen molar-refractivity contribution in [1.82, 2.24) is 5.32 Å². The van der Waals surface area contributed by atoms with Crippen LogP contribution in [0.4, 0.5) is 0 Å². The summed E-state index contributed by atoms with van der Waals surface area (Å²) in [6.07, 6.45) is 0.884. The zero-order valence-electron chi connectivity index (χ0n) is 7.80. The summed E-state index contributed by atoms with van der Waals surface area (Å²) >= 11 is 5.49. The summed E-state index contributed by atoms with van der Waals surface area (Å²) in [5.74, 6) is -0.486. The molecule has 0 radical (unpaired) electrons. The number of methoxy groups -OCH3 is 1. The van der Waals surface area contributed by atoms with Crippen LogP contribution >= 0.6 is 11.6 Å². The molecular weight excluding hydrogens is 194 g/mol. The van der Waals surface area contributed by atoms with Crippen LogP contribution in [-0.4, -0.2) is 30.9 Å². The number of alkyl halides is 1. The molecule has 5 heteroatoms. The second kappa shape index (κ2) is 6.71. The Hall–Kier alpha value is -0.770. The van der Waals surface area contributed by atoms with Crippen molar-refractivity contribution in [2.45, 2.75) is 25.1 Å². The van der Waals surface area contributed by atoms with Gasteiger partial charge in [-0.15, -0.1) is 11.6 Å². The van der Waals surface area contributed by atoms with Crippen molar-refractivity contribution in [1.29, 1.82) is 0 Å². The monoisotopic (exact) mass is 207 g/mol. The number of hydrogen-bond acceptors (Lipinski definition) is 3. The van der Waals surface area contributed by atoms with Crippen LogP contribution in [0.5, 0.6) is 0 Å². The molecule has 4 nitrogen and oxygen atoms in total. The number of amides is 1. The van der Waals surface area contributed by atoms with Gasteiger partial charge in [0.1, 0.15) is 5.38 Å². The molecule has 1 unspecified atom stereocenters. The van der Waals surface area contributed by atoms with Gasteiger partial charge < -0.3 is 10.1 Å². The summed E-state index contributed by atoms with van der Waals surface area (Å²) in [4.78, 5) is 21.5. The molecule has 0 aromatic carbocycles. The Bertz CT molecular complexity index is 182. The first kappa shape index (κ1) is 12.2. The minimum absolute atomic E-state index is 0.216. The molecule has 0 aliphatic carbocycles. The highest BCUT2D eigenvalue weighted by Crippen LogP contribution is 1.94. The number of carbonyl (C=O) groups is 2. The van der Waals surface area contributed by atoms with Crippen molar-refractivity contribution in [3.63, 3.8) is 0 Å². The summed E-state index contributed by atoms with van der Waals surface area (Å²) < 4.78 is 4.43. The summed E-state index contributed by atoms with van der Waals surface area (Å²) in [5.41, 5.74) is 0. The molecule has 13 heavy (non-hydrogen) atoms. The number of hydrogen-bond donors (Lipinski definition) is 1. The zero-order valence-corrected chi connectivity index (χ0v) is 8.56. The van der Waals surface area contributed by atoms with E-state index in [2.05, 4.69) is 10.1 Å². The number of ether oxygens (including phenoxy) is 1. The number of esters is 1. The molecule has 0 aromatic rings. The van der Waals surface area contributed by atoms with Gasteiger partial charge in [0.25, 0.3) is 0 Å². The lowest BCUT2D eigenvalue weighted by atomic mass is 10.3. The first-order valence-corrected chi connectivity index (χ1v) is 4.50. The Morgan fingerprint density at radius 1 is 1.54 bits per heavy atom. The van der Waals surface area contributed by atoms with Crippen LogP contribution in [0.25, 0.3) is 0 Å². The van der Waals surface area contributed by atoms with E-state index in [1.54, 1.807) is 6.92 Å². The molecule has 1 atom stereocenters. The second-order valence-corrected chi connectivity index (χ2v) is 3.24. The summed E-state index contributed by atoms with van der Waals surface area (Å²) in [6.45, 7) is 2.04. The summed E-state index contributed by atoms with van der Waals surface area (Å²) in [6, 6.07) is 0. The molecule has 0 aromatic heterocycles. The van der Waals surface area contributed by atoms with Crippen LogP contribution in [0.1, 0.15) is 19.8 Å². The highest BCUT2D eigenvalue weighted by atomic mass is 35.5. The fourth-order valence-electron chi connectivity index (χ4n) is 0.687. The molecule has 0 saturated carbocycles. The third-order valence-corrected chi connectivity index (χ3v) is 1.64. The summed E-state index contributed by atoms with van der Waals surface area (Å²) in [5, 5.41) is 2.05. The lowest BCUT2D eigenvalue weighted by molar-refractivity contribution is -0.140. The van der Waals surface area contributed by atoms with Crippen LogP contribution in [-0.2, 0) is 14.3 Å². The SMILES string of the molecule is COC(=O)CCCNC(=O)C(C)Cl. The number of carbonyl (C=O) groups excluding carboxylic acids is 2. The first-order chi connectivity index (χ1) is 6.07. The quantitative estimate of drug-likeness (QED) is 0.410. The highest BCUT2D eigenvalue weighted by molar-refractivity contribution is 6.30. The lowest BCUT2D eigenvalue weighted by Crippen LogP contribution is -2.30. The van der Waals surface area contributed by atoms with Crippen molar-refractivity contribution in [3.8, 4) is 0 Å². The van der Waals surface area contributed by atoms with E-state index in [1.807, 2.05) is 0 Å². The Morgan fingerprint density at radius 2 is 2.15 bits per heavy atom. The predicted octanol–water partition coefficient (Wildman–Crippen LogP) is 0.683. The lowest BCUT2D eigenvalue weighted by Gasteiger charge is -2.05. The van der Waals surface area contributed by atoms with Gasteiger partial charge in [0.15, 0.2) is 0 Å². The second-order valence-electron chi connectivity index (χ2n) is 2.59. The predicted molar refractivity (Wildman–Crippen MR) is 49.6 cm³/mol. The Balaban J connectivity index is 3.36. The highest BCUT2D eigenvalue weighted by Gasteiger charge is 2.07. The van der Waals surface area contributed by atoms with E-state index in [4.69, 9.17) is 11.6 Å². The van der Waals surface area contributed by atoms with Crippen molar-refractivity contribution in [2.75, 3.05) is 13.7 Å².